The first kappa shape index (κ1) is 9.91. The van der Waals surface area contributed by atoms with Crippen LogP contribution in [0.1, 0.15) is 5.56 Å². The monoisotopic (exact) mass is 195 g/mol. The summed E-state index contributed by atoms with van der Waals surface area (Å²) >= 11 is 5.84. The molecule has 0 aliphatic carbocycles. The molecule has 1 aromatic rings. The summed E-state index contributed by atoms with van der Waals surface area (Å²) in [6.07, 6.45) is 0. The Balaban J connectivity index is 2.89. The highest BCUT2D eigenvalue weighted by Crippen LogP contribution is 2.19. The molecule has 0 unspecified atom stereocenters. The van der Waals surface area contributed by atoms with E-state index in [2.05, 4.69) is 17.2 Å². The van der Waals surface area contributed by atoms with Gasteiger partial charge in [0.05, 0.1) is 11.6 Å². The fourth-order valence-electron chi connectivity index (χ4n) is 0.837. The fourth-order valence-corrected chi connectivity index (χ4v) is 1.00. The minimum Gasteiger partial charge on any atom is -0.508 e. The Morgan fingerprint density at radius 2 is 2.31 bits per heavy atom. The minimum atomic E-state index is 0.179. The lowest BCUT2D eigenvalue weighted by Crippen LogP contribution is -2.04. The van der Waals surface area contributed by atoms with E-state index in [9.17, 15) is 0 Å². The number of phenols is 1. The van der Waals surface area contributed by atoms with Crippen molar-refractivity contribution in [1.29, 1.82) is 0 Å². The maximum Gasteiger partial charge on any atom is 0.116 e. The number of benzene rings is 1. The Labute approximate surface area is 82.5 Å². The van der Waals surface area contributed by atoms with Gasteiger partial charge in [0.25, 0.3) is 0 Å². The van der Waals surface area contributed by atoms with Crippen molar-refractivity contribution in [2.45, 2.75) is 0 Å². The molecule has 1 aromatic carbocycles. The van der Waals surface area contributed by atoms with Gasteiger partial charge in [0.2, 0.25) is 0 Å². The van der Waals surface area contributed by atoms with Crippen LogP contribution in [0, 0.1) is 11.8 Å². The number of nitrogens with one attached hydrogen (secondary N) is 1. The van der Waals surface area contributed by atoms with Gasteiger partial charge in [-0.2, -0.15) is 0 Å². The van der Waals surface area contributed by atoms with Crippen LogP contribution in [0.2, 0.25) is 5.02 Å². The van der Waals surface area contributed by atoms with Gasteiger partial charge >= 0.3 is 0 Å². The first-order valence-electron chi connectivity index (χ1n) is 3.86. The highest BCUT2D eigenvalue weighted by Gasteiger charge is 1.96. The maximum absolute atomic E-state index is 9.15. The summed E-state index contributed by atoms with van der Waals surface area (Å²) in [5.74, 6) is 5.89. The second kappa shape index (κ2) is 4.76. The van der Waals surface area contributed by atoms with Gasteiger partial charge in [0.1, 0.15) is 5.75 Å². The van der Waals surface area contributed by atoms with Crippen molar-refractivity contribution in [3.05, 3.63) is 28.8 Å². The maximum atomic E-state index is 9.15. The smallest absolute Gasteiger partial charge is 0.116 e. The SMILES string of the molecule is CNCC#Cc1cc(O)ccc1Cl. The Morgan fingerprint density at radius 3 is 3.00 bits per heavy atom. The van der Waals surface area contributed by atoms with E-state index >= 15 is 0 Å². The Hall–Kier alpha value is -1.17. The lowest BCUT2D eigenvalue weighted by Gasteiger charge is -1.96. The second-order valence-electron chi connectivity index (χ2n) is 2.50. The fraction of sp³-hybridized carbons (Fsp3) is 0.200. The van der Waals surface area contributed by atoms with Crippen LogP contribution in [0.3, 0.4) is 0 Å². The van der Waals surface area contributed by atoms with E-state index in [1.165, 1.54) is 6.07 Å². The van der Waals surface area contributed by atoms with Gasteiger partial charge in [0.15, 0.2) is 0 Å². The van der Waals surface area contributed by atoms with E-state index in [0.717, 1.165) is 0 Å². The van der Waals surface area contributed by atoms with Gasteiger partial charge in [-0.3, -0.25) is 0 Å². The third-order valence-corrected chi connectivity index (χ3v) is 1.77. The van der Waals surface area contributed by atoms with E-state index in [0.29, 0.717) is 17.1 Å². The molecule has 0 aliphatic rings. The number of phenolic OH excluding ortho intramolecular Hbond substituents is 1. The van der Waals surface area contributed by atoms with Crippen molar-refractivity contribution in [1.82, 2.24) is 5.32 Å². The quantitative estimate of drug-likeness (QED) is 0.668. The molecule has 1 rings (SSSR count). The van der Waals surface area contributed by atoms with Gasteiger partial charge in [-0.15, -0.1) is 0 Å². The average Bonchev–Trinajstić information content (AvgIpc) is 2.11. The second-order valence-corrected chi connectivity index (χ2v) is 2.90. The Bertz CT molecular complexity index is 352. The Morgan fingerprint density at radius 1 is 1.54 bits per heavy atom. The van der Waals surface area contributed by atoms with E-state index in [1.54, 1.807) is 12.1 Å². The number of rotatable bonds is 1. The van der Waals surface area contributed by atoms with Crippen LogP contribution >= 0.6 is 11.6 Å². The van der Waals surface area contributed by atoms with Crippen LogP contribution in [0.5, 0.6) is 5.75 Å². The first-order chi connectivity index (χ1) is 6.24. The molecule has 2 N–H and O–H groups in total. The molecule has 0 amide bonds. The molecule has 0 saturated heterocycles. The standard InChI is InChI=1S/C10H10ClNO/c1-12-6-2-3-8-7-9(13)4-5-10(8)11/h4-5,7,12-13H,6H2,1H3. The van der Waals surface area contributed by atoms with Crippen molar-refractivity contribution in [2.75, 3.05) is 13.6 Å². The molecule has 2 nitrogen and oxygen atoms in total. The summed E-state index contributed by atoms with van der Waals surface area (Å²) in [6, 6.07) is 4.71. The molecule has 3 heteroatoms. The lowest BCUT2D eigenvalue weighted by atomic mass is 10.2. The molecule has 0 heterocycles. The van der Waals surface area contributed by atoms with Gasteiger partial charge < -0.3 is 10.4 Å². The molecule has 0 aliphatic heterocycles. The zero-order valence-corrected chi connectivity index (χ0v) is 8.02. The molecule has 68 valence electrons. The molecule has 0 spiro atoms. The van der Waals surface area contributed by atoms with Crippen LogP contribution in [0.15, 0.2) is 18.2 Å². The average molecular weight is 196 g/mol. The molecule has 0 radical (unpaired) electrons. The topological polar surface area (TPSA) is 32.3 Å². The predicted octanol–water partition coefficient (Wildman–Crippen LogP) is 1.62. The van der Waals surface area contributed by atoms with E-state index in [-0.39, 0.29) is 5.75 Å². The summed E-state index contributed by atoms with van der Waals surface area (Å²) in [6.45, 7) is 0.603. The number of halogens is 1. The van der Waals surface area contributed by atoms with Crippen LogP contribution in [-0.2, 0) is 0 Å². The summed E-state index contributed by atoms with van der Waals surface area (Å²) in [7, 11) is 1.82. The van der Waals surface area contributed by atoms with Crippen LogP contribution in [0.4, 0.5) is 0 Å². The van der Waals surface area contributed by atoms with E-state index < -0.39 is 0 Å². The molecule has 0 saturated carbocycles. The van der Waals surface area contributed by atoms with Crippen LogP contribution in [-0.4, -0.2) is 18.7 Å². The van der Waals surface area contributed by atoms with Gasteiger partial charge in [-0.1, -0.05) is 23.4 Å². The number of aromatic hydroxyl groups is 1. The predicted molar refractivity (Wildman–Crippen MR) is 53.9 cm³/mol. The van der Waals surface area contributed by atoms with Gasteiger partial charge in [-0.25, -0.2) is 0 Å². The highest BCUT2D eigenvalue weighted by molar-refractivity contribution is 6.31. The normalized spacial score (nSPS) is 9.08. The minimum absolute atomic E-state index is 0.179. The molecule has 0 atom stereocenters. The molecule has 0 fully saturated rings. The summed E-state index contributed by atoms with van der Waals surface area (Å²) in [5.41, 5.74) is 0.650. The third kappa shape index (κ3) is 2.98. The van der Waals surface area contributed by atoms with Crippen molar-refractivity contribution >= 4 is 11.6 Å². The Kier molecular flexibility index (Phi) is 3.63. The molecule has 0 bridgehead atoms. The summed E-state index contributed by atoms with van der Waals surface area (Å²) < 4.78 is 0. The van der Waals surface area contributed by atoms with Crippen LogP contribution < -0.4 is 5.32 Å². The zero-order valence-electron chi connectivity index (χ0n) is 7.26. The van der Waals surface area contributed by atoms with E-state index in [4.69, 9.17) is 16.7 Å². The van der Waals surface area contributed by atoms with Crippen molar-refractivity contribution < 1.29 is 5.11 Å². The largest absolute Gasteiger partial charge is 0.508 e. The molecule has 0 aromatic heterocycles. The highest BCUT2D eigenvalue weighted by atomic mass is 35.5. The summed E-state index contributed by atoms with van der Waals surface area (Å²) in [4.78, 5) is 0. The van der Waals surface area contributed by atoms with Crippen molar-refractivity contribution in [2.24, 2.45) is 0 Å². The molecule has 13 heavy (non-hydrogen) atoms. The molecular weight excluding hydrogens is 186 g/mol. The summed E-state index contributed by atoms with van der Waals surface area (Å²) in [5, 5.41) is 12.6. The first-order valence-corrected chi connectivity index (χ1v) is 4.24. The van der Waals surface area contributed by atoms with Gasteiger partial charge in [0, 0.05) is 5.56 Å². The molecular formula is C10H10ClNO. The number of hydrogen-bond acceptors (Lipinski definition) is 2. The zero-order chi connectivity index (χ0) is 9.68. The van der Waals surface area contributed by atoms with Crippen LogP contribution in [0.25, 0.3) is 0 Å². The lowest BCUT2D eigenvalue weighted by molar-refractivity contribution is 0.475. The van der Waals surface area contributed by atoms with E-state index in [1.807, 2.05) is 7.05 Å². The van der Waals surface area contributed by atoms with Crippen molar-refractivity contribution in [3.63, 3.8) is 0 Å². The van der Waals surface area contributed by atoms with Crippen molar-refractivity contribution in [3.8, 4) is 17.6 Å². The van der Waals surface area contributed by atoms with Gasteiger partial charge in [-0.05, 0) is 25.2 Å². The third-order valence-electron chi connectivity index (χ3n) is 1.44. The number of hydrogen-bond donors (Lipinski definition) is 2.